The Balaban J connectivity index is 1.18. The van der Waals surface area contributed by atoms with Crippen molar-refractivity contribution in [1.82, 2.24) is 0 Å². The summed E-state index contributed by atoms with van der Waals surface area (Å²) in [6, 6.07) is 0. The van der Waals surface area contributed by atoms with Crippen LogP contribution in [-0.2, 0) is 4.79 Å². The van der Waals surface area contributed by atoms with Gasteiger partial charge >= 0.3 is 0 Å². The molecule has 0 N–H and O–H groups in total. The van der Waals surface area contributed by atoms with Crippen LogP contribution < -0.4 is 0 Å². The van der Waals surface area contributed by atoms with Crippen LogP contribution in [0.3, 0.4) is 0 Å². The molecule has 4 fully saturated rings. The highest BCUT2D eigenvalue weighted by Gasteiger charge is 2.58. The van der Waals surface area contributed by atoms with Gasteiger partial charge < -0.3 is 0 Å². The topological polar surface area (TPSA) is 17.1 Å². The highest BCUT2D eigenvalue weighted by Crippen LogP contribution is 2.67. The Morgan fingerprint density at radius 1 is 0.889 bits per heavy atom. The van der Waals surface area contributed by atoms with E-state index in [0.717, 1.165) is 36.5 Å². The fourth-order valence-corrected chi connectivity index (χ4v) is 11.3. The van der Waals surface area contributed by atoms with Crippen LogP contribution in [0, 0.1) is 40.4 Å². The van der Waals surface area contributed by atoms with Crippen LogP contribution in [0.15, 0.2) is 11.6 Å². The Morgan fingerprint density at radius 2 is 1.67 bits per heavy atom. The molecule has 5 rings (SSSR count). The van der Waals surface area contributed by atoms with Crippen LogP contribution >= 0.6 is 11.8 Å². The van der Waals surface area contributed by atoms with Crippen molar-refractivity contribution >= 4 is 16.9 Å². The molecule has 1 nitrogen and oxygen atoms in total. The van der Waals surface area contributed by atoms with E-state index in [-0.39, 0.29) is 0 Å². The van der Waals surface area contributed by atoms with Crippen molar-refractivity contribution in [2.24, 2.45) is 40.4 Å². The van der Waals surface area contributed by atoms with Gasteiger partial charge in [0.2, 0.25) is 0 Å². The first kappa shape index (κ1) is 27.3. The lowest BCUT2D eigenvalue weighted by Crippen LogP contribution is -2.50. The molecular weight excluding hydrogens is 456 g/mol. The summed E-state index contributed by atoms with van der Waals surface area (Å²) in [4.78, 5) is 13.0. The van der Waals surface area contributed by atoms with E-state index < -0.39 is 0 Å². The summed E-state index contributed by atoms with van der Waals surface area (Å²) in [5.74, 6) is 4.16. The maximum Gasteiger partial charge on any atom is 0.192 e. The van der Waals surface area contributed by atoms with Gasteiger partial charge in [-0.15, -0.1) is 0 Å². The van der Waals surface area contributed by atoms with E-state index in [1.165, 1.54) is 116 Å². The number of fused-ring (bicyclic) bond motifs is 5. The number of carbonyl (C=O) groups excluding carboxylic acids is 1. The third kappa shape index (κ3) is 5.42. The average Bonchev–Trinajstić information content (AvgIpc) is 3.23. The monoisotopic (exact) mass is 512 g/mol. The molecule has 0 bridgehead atoms. The van der Waals surface area contributed by atoms with Gasteiger partial charge in [0.15, 0.2) is 5.12 Å². The van der Waals surface area contributed by atoms with Gasteiger partial charge in [-0.25, -0.2) is 0 Å². The second-order valence-electron chi connectivity index (χ2n) is 14.3. The van der Waals surface area contributed by atoms with Gasteiger partial charge in [0.25, 0.3) is 0 Å². The molecule has 2 heteroatoms. The first-order chi connectivity index (χ1) is 17.5. The van der Waals surface area contributed by atoms with Gasteiger partial charge in [-0.05, 0) is 105 Å². The van der Waals surface area contributed by atoms with E-state index in [2.05, 4.69) is 26.8 Å². The van der Waals surface area contributed by atoms with Crippen molar-refractivity contribution in [1.29, 1.82) is 0 Å². The van der Waals surface area contributed by atoms with E-state index in [1.807, 2.05) is 0 Å². The zero-order chi connectivity index (χ0) is 25.2. The second-order valence-corrected chi connectivity index (χ2v) is 15.6. The molecule has 0 aliphatic heterocycles. The molecule has 0 heterocycles. The van der Waals surface area contributed by atoms with Crippen LogP contribution in [0.1, 0.15) is 149 Å². The highest BCUT2D eigenvalue weighted by atomic mass is 32.2. The van der Waals surface area contributed by atoms with E-state index in [0.29, 0.717) is 27.1 Å². The summed E-state index contributed by atoms with van der Waals surface area (Å²) >= 11 is 1.76. The SMILES string of the molecule is CCCCCCCC[C@H]1CC[C@@H]2[C@H]3CC=C4C[C@@H](SC(=O)C5CCCCC5)CC[C@]4(C)[C@@H]3CC[C@]12C. The maximum absolute atomic E-state index is 13.0. The van der Waals surface area contributed by atoms with Crippen molar-refractivity contribution in [3.05, 3.63) is 11.6 Å². The van der Waals surface area contributed by atoms with Gasteiger partial charge in [-0.3, -0.25) is 4.79 Å². The highest BCUT2D eigenvalue weighted by molar-refractivity contribution is 8.14. The molecule has 5 aliphatic carbocycles. The lowest BCUT2D eigenvalue weighted by Gasteiger charge is -2.58. The quantitative estimate of drug-likeness (QED) is 0.226. The van der Waals surface area contributed by atoms with Crippen molar-refractivity contribution < 1.29 is 4.79 Å². The van der Waals surface area contributed by atoms with Crippen LogP contribution in [0.4, 0.5) is 0 Å². The molecule has 0 radical (unpaired) electrons. The molecule has 0 unspecified atom stereocenters. The molecule has 5 aliphatic rings. The van der Waals surface area contributed by atoms with Crippen molar-refractivity contribution in [2.45, 2.75) is 154 Å². The number of hydrogen-bond donors (Lipinski definition) is 0. The number of hydrogen-bond acceptors (Lipinski definition) is 2. The first-order valence-corrected chi connectivity index (χ1v) is 17.2. The standard InChI is InChI=1S/C34H56OS/c1-4-5-6-7-8-12-15-26-17-19-30-29-18-16-27-24-28(36-32(35)25-13-10-9-11-14-25)20-22-34(27,3)31(29)21-23-33(26,30)2/h16,25-26,28-31H,4-15,17-24H2,1-3H3/t26-,28-,29+,30+,31+,33+,34-/m0/s1. The largest absolute Gasteiger partial charge is 0.287 e. The van der Waals surface area contributed by atoms with Crippen molar-refractivity contribution in [3.8, 4) is 0 Å². The van der Waals surface area contributed by atoms with E-state index in [9.17, 15) is 4.79 Å². The summed E-state index contributed by atoms with van der Waals surface area (Å²) in [6.07, 6.45) is 30.2. The van der Waals surface area contributed by atoms with Gasteiger partial charge in [-0.1, -0.05) is 102 Å². The summed E-state index contributed by atoms with van der Waals surface area (Å²) in [5.41, 5.74) is 2.80. The molecule has 36 heavy (non-hydrogen) atoms. The minimum absolute atomic E-state index is 0.365. The zero-order valence-corrected chi connectivity index (χ0v) is 24.8. The van der Waals surface area contributed by atoms with Crippen molar-refractivity contribution in [3.63, 3.8) is 0 Å². The Kier molecular flexibility index (Phi) is 9.02. The predicted molar refractivity (Wildman–Crippen MR) is 156 cm³/mol. The van der Waals surface area contributed by atoms with Crippen LogP contribution in [0.25, 0.3) is 0 Å². The van der Waals surface area contributed by atoms with Gasteiger partial charge in [0, 0.05) is 11.2 Å². The third-order valence-electron chi connectivity index (χ3n) is 12.4. The molecule has 0 aromatic rings. The Labute approximate surface area is 227 Å². The van der Waals surface area contributed by atoms with Gasteiger partial charge in [0.05, 0.1) is 0 Å². The molecule has 0 spiro atoms. The smallest absolute Gasteiger partial charge is 0.192 e. The normalized spacial score (nSPS) is 40.8. The van der Waals surface area contributed by atoms with E-state index in [1.54, 1.807) is 17.3 Å². The Morgan fingerprint density at radius 3 is 2.47 bits per heavy atom. The Hall–Kier alpha value is -0.240. The molecular formula is C34H56OS. The molecule has 0 amide bonds. The second kappa shape index (κ2) is 11.9. The number of carbonyl (C=O) groups is 1. The fourth-order valence-electron chi connectivity index (χ4n) is 10.1. The predicted octanol–water partition coefficient (Wildman–Crippen LogP) is 10.5. The average molecular weight is 513 g/mol. The van der Waals surface area contributed by atoms with Crippen molar-refractivity contribution in [2.75, 3.05) is 0 Å². The zero-order valence-electron chi connectivity index (χ0n) is 24.0. The number of unbranched alkanes of at least 4 members (excludes halogenated alkanes) is 5. The summed E-state index contributed by atoms with van der Waals surface area (Å²) in [6.45, 7) is 7.68. The molecule has 0 aromatic heterocycles. The minimum Gasteiger partial charge on any atom is -0.287 e. The molecule has 7 atom stereocenters. The first-order valence-electron chi connectivity index (χ1n) is 16.4. The lowest BCUT2D eigenvalue weighted by molar-refractivity contribution is -0.115. The number of rotatable bonds is 9. The van der Waals surface area contributed by atoms with Crippen LogP contribution in [0.5, 0.6) is 0 Å². The van der Waals surface area contributed by atoms with Gasteiger partial charge in [0.1, 0.15) is 0 Å². The lowest BCUT2D eigenvalue weighted by atomic mass is 9.47. The summed E-state index contributed by atoms with van der Waals surface area (Å²) in [5, 5.41) is 1.09. The van der Waals surface area contributed by atoms with Gasteiger partial charge in [-0.2, -0.15) is 0 Å². The summed E-state index contributed by atoms with van der Waals surface area (Å²) in [7, 11) is 0. The fraction of sp³-hybridized carbons (Fsp3) is 0.912. The molecule has 4 saturated carbocycles. The van der Waals surface area contributed by atoms with Crippen LogP contribution in [-0.4, -0.2) is 10.4 Å². The molecule has 0 saturated heterocycles. The van der Waals surface area contributed by atoms with E-state index in [4.69, 9.17) is 0 Å². The maximum atomic E-state index is 13.0. The van der Waals surface area contributed by atoms with Crippen LogP contribution in [0.2, 0.25) is 0 Å². The molecule has 0 aromatic carbocycles. The summed E-state index contributed by atoms with van der Waals surface area (Å²) < 4.78 is 0. The minimum atomic E-state index is 0.365. The number of thioether (sulfide) groups is 1. The Bertz CT molecular complexity index is 780. The molecule has 204 valence electrons. The number of allylic oxidation sites excluding steroid dienone is 2. The third-order valence-corrected chi connectivity index (χ3v) is 13.7. The van der Waals surface area contributed by atoms with E-state index >= 15 is 0 Å².